The van der Waals surface area contributed by atoms with Crippen molar-refractivity contribution in [2.24, 2.45) is 5.10 Å². The van der Waals surface area contributed by atoms with Crippen LogP contribution in [0.1, 0.15) is 15.9 Å². The first kappa shape index (κ1) is 21.0. The van der Waals surface area contributed by atoms with Gasteiger partial charge >= 0.3 is 0 Å². The molecule has 0 aromatic heterocycles. The first-order chi connectivity index (χ1) is 14.5. The molecule has 3 aromatic rings. The number of hydrogen-bond donors (Lipinski definition) is 2. The Labute approximate surface area is 177 Å². The first-order valence-electron chi connectivity index (χ1n) is 8.88. The molecule has 152 valence electrons. The highest BCUT2D eigenvalue weighted by atomic mass is 35.5. The summed E-state index contributed by atoms with van der Waals surface area (Å²) in [7, 11) is 0. The van der Waals surface area contributed by atoms with Gasteiger partial charge in [-0.2, -0.15) is 5.10 Å². The molecule has 3 aromatic carbocycles. The van der Waals surface area contributed by atoms with Crippen molar-refractivity contribution in [1.82, 2.24) is 5.43 Å². The van der Waals surface area contributed by atoms with Gasteiger partial charge in [-0.25, -0.2) is 9.82 Å². The van der Waals surface area contributed by atoms with E-state index in [1.165, 1.54) is 24.4 Å². The van der Waals surface area contributed by atoms with Gasteiger partial charge in [0.1, 0.15) is 11.6 Å². The van der Waals surface area contributed by atoms with Gasteiger partial charge in [0.15, 0.2) is 6.61 Å². The van der Waals surface area contributed by atoms with Crippen LogP contribution in [0.2, 0.25) is 5.02 Å². The summed E-state index contributed by atoms with van der Waals surface area (Å²) in [5.74, 6) is -1.06. The molecule has 0 spiro atoms. The first-order valence-corrected chi connectivity index (χ1v) is 9.26. The molecule has 0 aliphatic rings. The quantitative estimate of drug-likeness (QED) is 0.438. The molecular formula is C22H17ClFN3O3. The van der Waals surface area contributed by atoms with Crippen LogP contribution in [0.5, 0.6) is 5.75 Å². The Bertz CT molecular complexity index is 1070. The molecule has 0 heterocycles. The van der Waals surface area contributed by atoms with E-state index in [1.807, 2.05) is 0 Å². The van der Waals surface area contributed by atoms with Crippen molar-refractivity contribution in [2.75, 3.05) is 11.9 Å². The summed E-state index contributed by atoms with van der Waals surface area (Å²) in [5.41, 5.74) is 3.44. The zero-order valence-electron chi connectivity index (χ0n) is 15.6. The fourth-order valence-corrected chi connectivity index (χ4v) is 2.56. The fourth-order valence-electron chi connectivity index (χ4n) is 2.44. The van der Waals surface area contributed by atoms with Gasteiger partial charge in [0, 0.05) is 16.1 Å². The van der Waals surface area contributed by atoms with E-state index in [0.717, 1.165) is 0 Å². The largest absolute Gasteiger partial charge is 0.483 e. The minimum Gasteiger partial charge on any atom is -0.483 e. The van der Waals surface area contributed by atoms with Crippen LogP contribution in [0.15, 0.2) is 77.9 Å². The highest BCUT2D eigenvalue weighted by Gasteiger charge is 2.09. The van der Waals surface area contributed by atoms with Gasteiger partial charge in [0.2, 0.25) is 0 Å². The van der Waals surface area contributed by atoms with Crippen LogP contribution in [0, 0.1) is 5.82 Å². The minimum absolute atomic E-state index is 0.0749. The Morgan fingerprint density at radius 3 is 2.47 bits per heavy atom. The third-order valence-electron chi connectivity index (χ3n) is 3.90. The smallest absolute Gasteiger partial charge is 0.271 e. The van der Waals surface area contributed by atoms with Gasteiger partial charge in [-0.15, -0.1) is 0 Å². The number of ether oxygens (including phenoxy) is 1. The molecule has 0 radical (unpaired) electrons. The van der Waals surface area contributed by atoms with Crippen molar-refractivity contribution >= 4 is 35.3 Å². The fraction of sp³-hybridized carbons (Fsp3) is 0.0455. The van der Waals surface area contributed by atoms with Gasteiger partial charge in [-0.05, 0) is 48.5 Å². The number of para-hydroxylation sites is 2. The molecule has 0 fully saturated rings. The van der Waals surface area contributed by atoms with Crippen LogP contribution in [-0.4, -0.2) is 24.6 Å². The van der Waals surface area contributed by atoms with E-state index in [2.05, 4.69) is 15.8 Å². The normalized spacial score (nSPS) is 10.6. The van der Waals surface area contributed by atoms with E-state index in [0.29, 0.717) is 21.9 Å². The molecule has 2 N–H and O–H groups in total. The van der Waals surface area contributed by atoms with E-state index < -0.39 is 17.6 Å². The van der Waals surface area contributed by atoms with Gasteiger partial charge < -0.3 is 10.1 Å². The SMILES string of the molecule is O=C(COc1ccccc1/C=N/NC(=O)c1ccc(Cl)cc1)Nc1ccccc1F. The second-order valence-corrected chi connectivity index (χ2v) is 6.50. The predicted molar refractivity (Wildman–Crippen MR) is 113 cm³/mol. The monoisotopic (exact) mass is 425 g/mol. The third kappa shape index (κ3) is 5.89. The van der Waals surface area contributed by atoms with Crippen molar-refractivity contribution in [3.8, 4) is 5.75 Å². The van der Waals surface area contributed by atoms with Crippen LogP contribution < -0.4 is 15.5 Å². The molecule has 0 saturated carbocycles. The number of hydrazone groups is 1. The maximum absolute atomic E-state index is 13.6. The average molecular weight is 426 g/mol. The Balaban J connectivity index is 1.58. The zero-order valence-corrected chi connectivity index (χ0v) is 16.4. The van der Waals surface area contributed by atoms with Crippen molar-refractivity contribution < 1.29 is 18.7 Å². The van der Waals surface area contributed by atoms with Crippen LogP contribution in [0.4, 0.5) is 10.1 Å². The number of benzene rings is 3. The summed E-state index contributed by atoms with van der Waals surface area (Å²) in [6, 6.07) is 19.1. The average Bonchev–Trinajstić information content (AvgIpc) is 2.75. The zero-order chi connectivity index (χ0) is 21.3. The number of anilines is 1. The topological polar surface area (TPSA) is 79.8 Å². The molecule has 3 rings (SSSR count). The number of amides is 2. The molecule has 0 unspecified atom stereocenters. The Hall–Kier alpha value is -3.71. The third-order valence-corrected chi connectivity index (χ3v) is 4.15. The van der Waals surface area contributed by atoms with Crippen LogP contribution in [-0.2, 0) is 4.79 Å². The molecule has 0 saturated heterocycles. The molecule has 0 atom stereocenters. The summed E-state index contributed by atoms with van der Waals surface area (Å²) < 4.78 is 19.1. The maximum Gasteiger partial charge on any atom is 0.271 e. The van der Waals surface area contributed by atoms with Gasteiger partial charge in [0.25, 0.3) is 11.8 Å². The van der Waals surface area contributed by atoms with E-state index in [4.69, 9.17) is 16.3 Å². The van der Waals surface area contributed by atoms with Crippen molar-refractivity contribution in [2.45, 2.75) is 0 Å². The number of carbonyl (C=O) groups is 2. The summed E-state index contributed by atoms with van der Waals surface area (Å²) in [5, 5.41) is 6.89. The van der Waals surface area contributed by atoms with E-state index in [-0.39, 0.29) is 12.3 Å². The van der Waals surface area contributed by atoms with E-state index in [9.17, 15) is 14.0 Å². The second kappa shape index (κ2) is 10.2. The lowest BCUT2D eigenvalue weighted by Gasteiger charge is -2.10. The number of halogens is 2. The van der Waals surface area contributed by atoms with Crippen molar-refractivity contribution in [1.29, 1.82) is 0 Å². The minimum atomic E-state index is -0.533. The number of nitrogens with zero attached hydrogens (tertiary/aromatic N) is 1. The molecule has 0 aliphatic heterocycles. The Morgan fingerprint density at radius 1 is 1.00 bits per heavy atom. The van der Waals surface area contributed by atoms with Gasteiger partial charge in [-0.3, -0.25) is 9.59 Å². The summed E-state index contributed by atoms with van der Waals surface area (Å²) in [4.78, 5) is 24.1. The highest BCUT2D eigenvalue weighted by molar-refractivity contribution is 6.30. The maximum atomic E-state index is 13.6. The summed E-state index contributed by atoms with van der Waals surface area (Å²) in [6.07, 6.45) is 1.40. The molecule has 8 heteroatoms. The van der Waals surface area contributed by atoms with Crippen LogP contribution in [0.3, 0.4) is 0 Å². The molecule has 30 heavy (non-hydrogen) atoms. The molecule has 2 amide bonds. The molecular weight excluding hydrogens is 409 g/mol. The van der Waals surface area contributed by atoms with Crippen LogP contribution in [0.25, 0.3) is 0 Å². The molecule has 6 nitrogen and oxygen atoms in total. The van der Waals surface area contributed by atoms with Crippen molar-refractivity contribution in [3.63, 3.8) is 0 Å². The van der Waals surface area contributed by atoms with Gasteiger partial charge in [0.05, 0.1) is 11.9 Å². The number of rotatable bonds is 7. The summed E-state index contributed by atoms with van der Waals surface area (Å²) >= 11 is 5.80. The van der Waals surface area contributed by atoms with E-state index >= 15 is 0 Å². The number of nitrogens with one attached hydrogen (secondary N) is 2. The van der Waals surface area contributed by atoms with Gasteiger partial charge in [-0.1, -0.05) is 35.9 Å². The molecule has 0 aliphatic carbocycles. The Kier molecular flexibility index (Phi) is 7.13. The number of carbonyl (C=O) groups excluding carboxylic acids is 2. The number of hydrogen-bond acceptors (Lipinski definition) is 4. The lowest BCUT2D eigenvalue weighted by molar-refractivity contribution is -0.118. The van der Waals surface area contributed by atoms with Crippen molar-refractivity contribution in [3.05, 3.63) is 94.8 Å². The molecule has 0 bridgehead atoms. The predicted octanol–water partition coefficient (Wildman–Crippen LogP) is 4.26. The van der Waals surface area contributed by atoms with E-state index in [1.54, 1.807) is 54.6 Å². The lowest BCUT2D eigenvalue weighted by Crippen LogP contribution is -2.21. The summed E-state index contributed by atoms with van der Waals surface area (Å²) in [6.45, 7) is -0.323. The standard InChI is InChI=1S/C22H17ClFN3O3/c23-17-11-9-15(10-12-17)22(29)27-25-13-16-5-1-4-8-20(16)30-14-21(28)26-19-7-3-2-6-18(19)24/h1-13H,14H2,(H,26,28)(H,27,29)/b25-13+. The highest BCUT2D eigenvalue weighted by Crippen LogP contribution is 2.17. The van der Waals surface area contributed by atoms with Crippen LogP contribution >= 0.6 is 11.6 Å². The lowest BCUT2D eigenvalue weighted by atomic mass is 10.2. The second-order valence-electron chi connectivity index (χ2n) is 6.06. The Morgan fingerprint density at radius 2 is 1.70 bits per heavy atom.